The minimum Gasteiger partial charge on any atom is -0.489 e. The van der Waals surface area contributed by atoms with Crippen LogP contribution in [0.15, 0.2) is 16.6 Å². The number of esters is 1. The number of ether oxygens (including phenoxy) is 2. The maximum absolute atomic E-state index is 11.4. The van der Waals surface area contributed by atoms with Crippen molar-refractivity contribution in [3.05, 3.63) is 26.7 Å². The third-order valence-electron chi connectivity index (χ3n) is 2.75. The first-order valence-corrected chi connectivity index (χ1v) is 6.83. The quantitative estimate of drug-likeness (QED) is 0.512. The van der Waals surface area contributed by atoms with Gasteiger partial charge in [-0.25, -0.2) is 0 Å². The predicted molar refractivity (Wildman–Crippen MR) is 75.0 cm³/mol. The zero-order valence-electron chi connectivity index (χ0n) is 10.7. The fourth-order valence-electron chi connectivity index (χ4n) is 1.94. The van der Waals surface area contributed by atoms with Crippen molar-refractivity contribution >= 4 is 33.3 Å². The number of nitro benzene ring substituents is 1. The van der Waals surface area contributed by atoms with E-state index in [1.54, 1.807) is 13.0 Å². The van der Waals surface area contributed by atoms with Crippen molar-refractivity contribution in [2.24, 2.45) is 0 Å². The Hall–Kier alpha value is -1.83. The molecule has 1 unspecified atom stereocenters. The van der Waals surface area contributed by atoms with Gasteiger partial charge >= 0.3 is 5.97 Å². The van der Waals surface area contributed by atoms with Crippen molar-refractivity contribution < 1.29 is 19.2 Å². The zero-order valence-corrected chi connectivity index (χ0v) is 12.3. The zero-order chi connectivity index (χ0) is 14.7. The molecule has 1 aromatic carbocycles. The number of hydrogen-bond acceptors (Lipinski definition) is 6. The van der Waals surface area contributed by atoms with Crippen LogP contribution in [0.3, 0.4) is 0 Å². The van der Waals surface area contributed by atoms with E-state index in [2.05, 4.69) is 21.2 Å². The molecule has 0 aliphatic carbocycles. The summed E-state index contributed by atoms with van der Waals surface area (Å²) in [5.41, 5.74) is 0.196. The lowest BCUT2D eigenvalue weighted by molar-refractivity contribution is -0.384. The van der Waals surface area contributed by atoms with Crippen LogP contribution in [0.4, 0.5) is 11.4 Å². The fraction of sp³-hybridized carbons (Fsp3) is 0.417. The summed E-state index contributed by atoms with van der Waals surface area (Å²) in [7, 11) is 0. The predicted octanol–water partition coefficient (Wildman–Crippen LogP) is 2.48. The lowest BCUT2D eigenvalue weighted by Crippen LogP contribution is -2.34. The molecule has 0 radical (unpaired) electrons. The molecule has 1 aliphatic heterocycles. The molecular weight excluding hydrogens is 332 g/mol. The van der Waals surface area contributed by atoms with Gasteiger partial charge < -0.3 is 14.8 Å². The van der Waals surface area contributed by atoms with Crippen LogP contribution in [0.5, 0.6) is 5.75 Å². The van der Waals surface area contributed by atoms with E-state index < -0.39 is 4.92 Å². The Morgan fingerprint density at radius 1 is 1.65 bits per heavy atom. The van der Waals surface area contributed by atoms with Gasteiger partial charge in [-0.3, -0.25) is 14.9 Å². The molecule has 0 spiro atoms. The number of nitro groups is 1. The second kappa shape index (κ2) is 6.08. The van der Waals surface area contributed by atoms with Gasteiger partial charge in [-0.05, 0) is 13.0 Å². The first-order chi connectivity index (χ1) is 9.51. The largest absolute Gasteiger partial charge is 0.489 e. The molecular formula is C12H13BrN2O5. The second-order valence-corrected chi connectivity index (χ2v) is 5.13. The van der Waals surface area contributed by atoms with Gasteiger partial charge in [0.25, 0.3) is 5.69 Å². The Balaban J connectivity index is 2.20. The molecule has 0 fully saturated rings. The van der Waals surface area contributed by atoms with Crippen LogP contribution in [-0.2, 0) is 9.53 Å². The molecule has 0 saturated carbocycles. The number of fused-ring (bicyclic) bond motifs is 1. The van der Waals surface area contributed by atoms with Crippen LogP contribution in [-0.4, -0.2) is 30.1 Å². The smallest absolute Gasteiger partial charge is 0.307 e. The molecule has 0 aromatic heterocycles. The van der Waals surface area contributed by atoms with Gasteiger partial charge in [0.2, 0.25) is 0 Å². The number of rotatable bonds is 4. The highest BCUT2D eigenvalue weighted by molar-refractivity contribution is 9.10. The van der Waals surface area contributed by atoms with Crippen molar-refractivity contribution in [1.29, 1.82) is 0 Å². The molecule has 1 atom stereocenters. The summed E-state index contributed by atoms with van der Waals surface area (Å²) in [5, 5.41) is 14.0. The van der Waals surface area contributed by atoms with Crippen molar-refractivity contribution in [2.45, 2.75) is 19.4 Å². The number of hydrogen-bond donors (Lipinski definition) is 1. The summed E-state index contributed by atoms with van der Waals surface area (Å²) in [6.07, 6.45) is 0.0977. The number of halogens is 1. The van der Waals surface area contributed by atoms with E-state index >= 15 is 0 Å². The average molecular weight is 345 g/mol. The van der Waals surface area contributed by atoms with Gasteiger partial charge in [-0.15, -0.1) is 0 Å². The molecule has 7 nitrogen and oxygen atoms in total. The van der Waals surface area contributed by atoms with Crippen LogP contribution in [0, 0.1) is 10.1 Å². The molecule has 1 N–H and O–H groups in total. The van der Waals surface area contributed by atoms with Crippen LogP contribution < -0.4 is 10.1 Å². The Morgan fingerprint density at radius 2 is 2.40 bits per heavy atom. The molecule has 1 aromatic rings. The van der Waals surface area contributed by atoms with E-state index in [0.29, 0.717) is 22.5 Å². The number of nitrogens with one attached hydrogen (secondary N) is 1. The fourth-order valence-corrected chi connectivity index (χ4v) is 2.36. The Labute approximate surface area is 123 Å². The summed E-state index contributed by atoms with van der Waals surface area (Å²) < 4.78 is 10.9. The lowest BCUT2D eigenvalue weighted by Gasteiger charge is -2.26. The van der Waals surface area contributed by atoms with Gasteiger partial charge in [-0.1, -0.05) is 15.9 Å². The minimum absolute atomic E-state index is 0.0945. The van der Waals surface area contributed by atoms with Crippen LogP contribution in [0.1, 0.15) is 13.3 Å². The highest BCUT2D eigenvalue weighted by Crippen LogP contribution is 2.40. The summed E-state index contributed by atoms with van der Waals surface area (Å²) in [5.74, 6) is 0.0306. The van der Waals surface area contributed by atoms with Crippen LogP contribution in [0.25, 0.3) is 0 Å². The summed E-state index contributed by atoms with van der Waals surface area (Å²) >= 11 is 3.20. The third kappa shape index (κ3) is 3.19. The standard InChI is InChI=1S/C12H13BrN2O5/c1-2-19-11(16)5-8-6-20-10-4-7(13)3-9(15(17)18)12(10)14-8/h3-4,8,14H,2,5-6H2,1H3. The summed E-state index contributed by atoms with van der Waals surface area (Å²) in [4.78, 5) is 22.0. The first kappa shape index (κ1) is 14.6. The van der Waals surface area contributed by atoms with Crippen LogP contribution in [0.2, 0.25) is 0 Å². The molecule has 108 valence electrons. The van der Waals surface area contributed by atoms with E-state index in [-0.39, 0.29) is 30.7 Å². The highest BCUT2D eigenvalue weighted by atomic mass is 79.9. The summed E-state index contributed by atoms with van der Waals surface area (Å²) in [6, 6.07) is 2.69. The molecule has 0 bridgehead atoms. The Kier molecular flexibility index (Phi) is 4.43. The van der Waals surface area contributed by atoms with Crippen LogP contribution >= 0.6 is 15.9 Å². The third-order valence-corrected chi connectivity index (χ3v) is 3.21. The number of carbonyl (C=O) groups excluding carboxylic acids is 1. The molecule has 0 amide bonds. The molecule has 1 aliphatic rings. The Morgan fingerprint density at radius 3 is 3.05 bits per heavy atom. The second-order valence-electron chi connectivity index (χ2n) is 4.22. The Bertz CT molecular complexity index is 549. The maximum atomic E-state index is 11.4. The minimum atomic E-state index is -0.493. The number of anilines is 1. The van der Waals surface area contributed by atoms with Gasteiger partial charge in [-0.2, -0.15) is 0 Å². The topological polar surface area (TPSA) is 90.7 Å². The molecule has 0 saturated heterocycles. The average Bonchev–Trinajstić information content (AvgIpc) is 2.38. The molecule has 20 heavy (non-hydrogen) atoms. The van der Waals surface area contributed by atoms with Gasteiger partial charge in [0.05, 0.1) is 24.0 Å². The van der Waals surface area contributed by atoms with Gasteiger partial charge in [0.1, 0.15) is 6.61 Å². The van der Waals surface area contributed by atoms with Gasteiger partial charge in [0, 0.05) is 10.5 Å². The summed E-state index contributed by atoms with van der Waals surface area (Å²) in [6.45, 7) is 2.27. The molecule has 8 heteroatoms. The van der Waals surface area contributed by atoms with Crippen molar-refractivity contribution in [1.82, 2.24) is 0 Å². The van der Waals surface area contributed by atoms with Crippen molar-refractivity contribution in [3.63, 3.8) is 0 Å². The normalized spacial score (nSPS) is 16.6. The van der Waals surface area contributed by atoms with E-state index in [1.165, 1.54) is 6.07 Å². The van der Waals surface area contributed by atoms with E-state index in [4.69, 9.17) is 9.47 Å². The van der Waals surface area contributed by atoms with Gasteiger partial charge in [0.15, 0.2) is 11.4 Å². The van der Waals surface area contributed by atoms with E-state index in [1.807, 2.05) is 0 Å². The maximum Gasteiger partial charge on any atom is 0.307 e. The van der Waals surface area contributed by atoms with Crippen molar-refractivity contribution in [3.8, 4) is 5.75 Å². The highest BCUT2D eigenvalue weighted by Gasteiger charge is 2.28. The lowest BCUT2D eigenvalue weighted by atomic mass is 10.1. The monoisotopic (exact) mass is 344 g/mol. The molecule has 1 heterocycles. The number of carbonyl (C=O) groups is 1. The van der Waals surface area contributed by atoms with E-state index in [0.717, 1.165) is 0 Å². The van der Waals surface area contributed by atoms with Crippen molar-refractivity contribution in [2.75, 3.05) is 18.5 Å². The number of nitrogens with zero attached hydrogens (tertiary/aromatic N) is 1. The first-order valence-electron chi connectivity index (χ1n) is 6.04. The number of benzene rings is 1. The molecule has 2 rings (SSSR count). The van der Waals surface area contributed by atoms with E-state index in [9.17, 15) is 14.9 Å². The SMILES string of the molecule is CCOC(=O)CC1COc2cc(Br)cc([N+](=O)[O-])c2N1.